The lowest BCUT2D eigenvalue weighted by molar-refractivity contribution is 0.0618. The smallest absolute Gasteiger partial charge is 0.0543 e. The van der Waals surface area contributed by atoms with Gasteiger partial charge in [0, 0.05) is 22.1 Å². The first-order chi connectivity index (χ1) is 19.8. The zero-order valence-electron chi connectivity index (χ0n) is 23.0. The maximum Gasteiger partial charge on any atom is 0.0543 e. The van der Waals surface area contributed by atoms with E-state index in [9.17, 15) is 0 Å². The predicted molar refractivity (Wildman–Crippen MR) is 167 cm³/mol. The van der Waals surface area contributed by atoms with Crippen molar-refractivity contribution < 1.29 is 0 Å². The minimum Gasteiger partial charge on any atom is -0.309 e. The zero-order chi connectivity index (χ0) is 26.3. The number of hydrogen-bond donors (Lipinski definition) is 0. The molecule has 1 heteroatoms. The van der Waals surface area contributed by atoms with E-state index in [0.717, 1.165) is 23.7 Å². The third kappa shape index (κ3) is 3.04. The van der Waals surface area contributed by atoms with Crippen LogP contribution in [0, 0.1) is 23.7 Å². The number of rotatable bonds is 3. The second-order valence-corrected chi connectivity index (χ2v) is 12.9. The summed E-state index contributed by atoms with van der Waals surface area (Å²) in [6, 6.07) is 43.4. The van der Waals surface area contributed by atoms with Gasteiger partial charge in [-0.2, -0.15) is 0 Å². The average Bonchev–Trinajstić information content (AvgIpc) is 3.15. The quantitative estimate of drug-likeness (QED) is 0.230. The Morgan fingerprint density at radius 3 is 2.17 bits per heavy atom. The maximum absolute atomic E-state index is 2.54. The van der Waals surface area contributed by atoms with Crippen LogP contribution in [0.4, 0.5) is 17.1 Å². The maximum atomic E-state index is 2.54. The molecule has 1 spiro atoms. The van der Waals surface area contributed by atoms with E-state index in [1.807, 2.05) is 0 Å². The van der Waals surface area contributed by atoms with Crippen LogP contribution in [0.5, 0.6) is 0 Å². The van der Waals surface area contributed by atoms with Crippen molar-refractivity contribution in [3.63, 3.8) is 0 Å². The van der Waals surface area contributed by atoms with Gasteiger partial charge in [-0.05, 0) is 102 Å². The predicted octanol–water partition coefficient (Wildman–Crippen LogP) is 10.4. The van der Waals surface area contributed by atoms with E-state index in [4.69, 9.17) is 0 Å². The summed E-state index contributed by atoms with van der Waals surface area (Å²) in [6.07, 6.45) is 8.55. The molecule has 5 aliphatic rings. The van der Waals surface area contributed by atoms with E-state index < -0.39 is 0 Å². The molecule has 0 aliphatic heterocycles. The van der Waals surface area contributed by atoms with Gasteiger partial charge in [0.1, 0.15) is 0 Å². The van der Waals surface area contributed by atoms with Crippen LogP contribution < -0.4 is 4.90 Å². The summed E-state index contributed by atoms with van der Waals surface area (Å²) in [5, 5.41) is 2.57. The molecule has 5 aromatic rings. The van der Waals surface area contributed by atoms with Gasteiger partial charge in [0.05, 0.1) is 11.4 Å². The van der Waals surface area contributed by atoms with Crippen LogP contribution in [0.1, 0.15) is 49.7 Å². The number of benzene rings is 5. The molecule has 4 fully saturated rings. The van der Waals surface area contributed by atoms with E-state index in [1.165, 1.54) is 77.5 Å². The van der Waals surface area contributed by atoms with Gasteiger partial charge in [-0.1, -0.05) is 97.4 Å². The van der Waals surface area contributed by atoms with Crippen LogP contribution in [0.25, 0.3) is 21.9 Å². The Balaban J connectivity index is 1.35. The lowest BCUT2D eigenvalue weighted by Crippen LogP contribution is -2.48. The van der Waals surface area contributed by atoms with Crippen molar-refractivity contribution in [2.45, 2.75) is 43.9 Å². The molecule has 5 atom stereocenters. The second-order valence-electron chi connectivity index (χ2n) is 12.9. The fourth-order valence-electron chi connectivity index (χ4n) is 9.90. The normalized spacial score (nSPS) is 27.5. The van der Waals surface area contributed by atoms with Gasteiger partial charge < -0.3 is 4.90 Å². The number of nitrogens with zero attached hydrogens (tertiary/aromatic N) is 1. The standard InChI is InChI=1S/C39H35N/c1-2-12-31(13-3-1)40(36-18-8-11-28-10-4-5-14-32(28)36)37-19-9-17-35-38(37)33-15-6-7-16-34(33)39(35)29-21-20-26-22-27(24-29)25-30(39)23-26/h1-19,26-27,29-30H,20-25H2. The van der Waals surface area contributed by atoms with E-state index in [-0.39, 0.29) is 5.41 Å². The van der Waals surface area contributed by atoms with Crippen LogP contribution in [0.3, 0.4) is 0 Å². The molecule has 0 aromatic heterocycles. The third-order valence-electron chi connectivity index (χ3n) is 11.1. The van der Waals surface area contributed by atoms with E-state index in [2.05, 4.69) is 120 Å². The molecule has 5 aliphatic carbocycles. The third-order valence-corrected chi connectivity index (χ3v) is 11.1. The van der Waals surface area contributed by atoms with Crippen molar-refractivity contribution in [3.8, 4) is 11.1 Å². The molecule has 0 heterocycles. The molecule has 0 saturated heterocycles. The highest BCUT2D eigenvalue weighted by molar-refractivity contribution is 6.02. The number of anilines is 3. The number of para-hydroxylation sites is 1. The Hall–Kier alpha value is -3.84. The molecule has 4 saturated carbocycles. The Kier molecular flexibility index (Phi) is 4.92. The van der Waals surface area contributed by atoms with E-state index in [0.29, 0.717) is 0 Å². The molecule has 10 rings (SSSR count). The van der Waals surface area contributed by atoms with Crippen LogP contribution in [-0.4, -0.2) is 0 Å². The molecule has 5 aromatic carbocycles. The van der Waals surface area contributed by atoms with Crippen LogP contribution in [0.15, 0.2) is 115 Å². The lowest BCUT2D eigenvalue weighted by Gasteiger charge is -2.53. The van der Waals surface area contributed by atoms with Crippen molar-refractivity contribution in [2.24, 2.45) is 23.7 Å². The van der Waals surface area contributed by atoms with E-state index in [1.54, 1.807) is 11.1 Å². The zero-order valence-corrected chi connectivity index (χ0v) is 23.0. The van der Waals surface area contributed by atoms with Gasteiger partial charge in [-0.25, -0.2) is 0 Å². The Bertz CT molecular complexity index is 1740. The Labute approximate surface area is 237 Å². The van der Waals surface area contributed by atoms with Crippen molar-refractivity contribution in [1.82, 2.24) is 0 Å². The van der Waals surface area contributed by atoms with E-state index >= 15 is 0 Å². The molecule has 1 nitrogen and oxygen atoms in total. The van der Waals surface area contributed by atoms with Gasteiger partial charge in [0.15, 0.2) is 0 Å². The van der Waals surface area contributed by atoms with Crippen molar-refractivity contribution in [2.75, 3.05) is 4.90 Å². The largest absolute Gasteiger partial charge is 0.309 e. The van der Waals surface area contributed by atoms with Gasteiger partial charge in [-0.15, -0.1) is 0 Å². The van der Waals surface area contributed by atoms with Crippen molar-refractivity contribution in [3.05, 3.63) is 126 Å². The summed E-state index contributed by atoms with van der Waals surface area (Å²) in [6.45, 7) is 0. The first-order valence-corrected chi connectivity index (χ1v) is 15.4. The minimum absolute atomic E-state index is 0.161. The first kappa shape index (κ1) is 22.9. The molecule has 0 N–H and O–H groups in total. The molecular weight excluding hydrogens is 482 g/mol. The fourth-order valence-corrected chi connectivity index (χ4v) is 9.90. The fraction of sp³-hybridized carbons (Fsp3) is 0.282. The minimum atomic E-state index is 0.161. The SMILES string of the molecule is c1ccc(N(c2cccc3c2-c2ccccc2C32C3CCC4CC(C3)CC2C4)c2cccc3ccccc23)cc1. The molecule has 0 radical (unpaired) electrons. The monoisotopic (exact) mass is 517 g/mol. The molecule has 0 amide bonds. The van der Waals surface area contributed by atoms with Crippen molar-refractivity contribution >= 4 is 27.8 Å². The summed E-state index contributed by atoms with van der Waals surface area (Å²) in [4.78, 5) is 2.54. The van der Waals surface area contributed by atoms with Gasteiger partial charge in [0.2, 0.25) is 0 Å². The van der Waals surface area contributed by atoms with Gasteiger partial charge in [-0.3, -0.25) is 0 Å². The van der Waals surface area contributed by atoms with Crippen LogP contribution in [0.2, 0.25) is 0 Å². The van der Waals surface area contributed by atoms with Gasteiger partial charge >= 0.3 is 0 Å². The van der Waals surface area contributed by atoms with Crippen LogP contribution in [-0.2, 0) is 5.41 Å². The molecular formula is C39H35N. The highest BCUT2D eigenvalue weighted by Crippen LogP contribution is 2.68. The number of fused-ring (bicyclic) bond motifs is 5. The Morgan fingerprint density at radius 2 is 1.23 bits per heavy atom. The molecule has 40 heavy (non-hydrogen) atoms. The first-order valence-electron chi connectivity index (χ1n) is 15.4. The van der Waals surface area contributed by atoms with Gasteiger partial charge in [0.25, 0.3) is 0 Å². The average molecular weight is 518 g/mol. The van der Waals surface area contributed by atoms with Crippen molar-refractivity contribution in [1.29, 1.82) is 0 Å². The van der Waals surface area contributed by atoms with Crippen LogP contribution >= 0.6 is 0 Å². The second kappa shape index (κ2) is 8.58. The summed E-state index contributed by atoms with van der Waals surface area (Å²) in [5.41, 5.74) is 10.1. The lowest BCUT2D eigenvalue weighted by atomic mass is 9.51. The molecule has 196 valence electrons. The Morgan fingerprint density at radius 1 is 0.525 bits per heavy atom. The summed E-state index contributed by atoms with van der Waals surface area (Å²) in [5.74, 6) is 3.39. The summed E-state index contributed by atoms with van der Waals surface area (Å²) < 4.78 is 0. The molecule has 4 bridgehead atoms. The number of hydrogen-bond acceptors (Lipinski definition) is 1. The summed E-state index contributed by atoms with van der Waals surface area (Å²) in [7, 11) is 0. The summed E-state index contributed by atoms with van der Waals surface area (Å²) >= 11 is 0. The topological polar surface area (TPSA) is 3.24 Å². The highest BCUT2D eigenvalue weighted by Gasteiger charge is 2.59. The molecule has 5 unspecified atom stereocenters. The highest BCUT2D eigenvalue weighted by atomic mass is 15.1.